The predicted octanol–water partition coefficient (Wildman–Crippen LogP) is 4.56. The zero-order valence-corrected chi connectivity index (χ0v) is 18.5. The van der Waals surface area contributed by atoms with Crippen molar-refractivity contribution in [3.8, 4) is 0 Å². The van der Waals surface area contributed by atoms with Crippen molar-refractivity contribution in [2.24, 2.45) is 0 Å². The summed E-state index contributed by atoms with van der Waals surface area (Å²) in [4.78, 5) is 15.1. The molecule has 1 aromatic heterocycles. The molecular weight excluding hydrogens is 448 g/mol. The van der Waals surface area contributed by atoms with Crippen LogP contribution in [0.15, 0.2) is 83.9 Å². The Hall–Kier alpha value is -3.13. The average molecular weight is 469 g/mol. The number of sulfonamides is 1. The van der Waals surface area contributed by atoms with Crippen molar-refractivity contribution in [2.45, 2.75) is 17.2 Å². The molecule has 0 amide bonds. The highest BCUT2D eigenvalue weighted by Crippen LogP contribution is 2.34. The largest absolute Gasteiger partial charge is 0.481 e. The minimum atomic E-state index is -3.94. The molecule has 8 heteroatoms. The van der Waals surface area contributed by atoms with Gasteiger partial charge in [0, 0.05) is 23.6 Å². The molecule has 4 rings (SSSR count). The first-order valence-corrected chi connectivity index (χ1v) is 11.8. The van der Waals surface area contributed by atoms with Crippen molar-refractivity contribution in [3.05, 3.63) is 101 Å². The maximum atomic E-state index is 12.9. The topological polar surface area (TPSA) is 99.3 Å². The second kappa shape index (κ2) is 9.16. The molecule has 164 valence electrons. The molecule has 0 saturated heterocycles. The summed E-state index contributed by atoms with van der Waals surface area (Å²) < 4.78 is 28.4. The van der Waals surface area contributed by atoms with E-state index >= 15 is 0 Å². The van der Waals surface area contributed by atoms with Gasteiger partial charge in [0.15, 0.2) is 0 Å². The Morgan fingerprint density at radius 2 is 1.75 bits per heavy atom. The quantitative estimate of drug-likeness (QED) is 0.353. The minimum absolute atomic E-state index is 0.0315. The molecular formula is C24H21ClN2O4S. The number of H-pyrrole nitrogens is 1. The van der Waals surface area contributed by atoms with Gasteiger partial charge in [0.05, 0.1) is 5.02 Å². The highest BCUT2D eigenvalue weighted by atomic mass is 35.5. The van der Waals surface area contributed by atoms with E-state index in [9.17, 15) is 18.3 Å². The number of hydrogen-bond donors (Lipinski definition) is 3. The van der Waals surface area contributed by atoms with E-state index in [1.807, 2.05) is 54.6 Å². The van der Waals surface area contributed by atoms with E-state index in [4.69, 9.17) is 11.6 Å². The van der Waals surface area contributed by atoms with Crippen LogP contribution in [0.3, 0.4) is 0 Å². The van der Waals surface area contributed by atoms with E-state index in [1.54, 1.807) is 12.3 Å². The predicted molar refractivity (Wildman–Crippen MR) is 125 cm³/mol. The van der Waals surface area contributed by atoms with Gasteiger partial charge in [-0.3, -0.25) is 4.79 Å². The Morgan fingerprint density at radius 3 is 2.50 bits per heavy atom. The number of fused-ring (bicyclic) bond motifs is 1. The summed E-state index contributed by atoms with van der Waals surface area (Å²) in [6.45, 7) is 0.192. The van der Waals surface area contributed by atoms with Gasteiger partial charge in [-0.05, 0) is 41.3 Å². The molecule has 0 spiro atoms. The lowest BCUT2D eigenvalue weighted by molar-refractivity contribution is -0.137. The second-order valence-electron chi connectivity index (χ2n) is 7.38. The molecule has 3 aromatic carbocycles. The van der Waals surface area contributed by atoms with Crippen molar-refractivity contribution < 1.29 is 18.3 Å². The third-order valence-corrected chi connectivity index (χ3v) is 7.25. The number of aliphatic carboxylic acids is 1. The molecule has 0 aliphatic heterocycles. The number of halogens is 1. The van der Waals surface area contributed by atoms with E-state index in [1.165, 1.54) is 12.1 Å². The normalized spacial score (nSPS) is 12.7. The van der Waals surface area contributed by atoms with Crippen molar-refractivity contribution in [1.82, 2.24) is 9.71 Å². The number of carbonyl (C=O) groups is 1. The first-order chi connectivity index (χ1) is 15.4. The first kappa shape index (κ1) is 22.1. The molecule has 0 fully saturated rings. The number of para-hydroxylation sites is 1. The van der Waals surface area contributed by atoms with Gasteiger partial charge in [-0.15, -0.1) is 0 Å². The Morgan fingerprint density at radius 1 is 1.03 bits per heavy atom. The van der Waals surface area contributed by atoms with E-state index in [2.05, 4.69) is 9.71 Å². The zero-order valence-electron chi connectivity index (χ0n) is 17.0. The molecule has 1 atom stereocenters. The van der Waals surface area contributed by atoms with Crippen molar-refractivity contribution in [1.29, 1.82) is 0 Å². The van der Waals surface area contributed by atoms with Crippen LogP contribution in [0.1, 0.15) is 22.6 Å². The van der Waals surface area contributed by atoms with Gasteiger partial charge in [0.1, 0.15) is 10.8 Å². The van der Waals surface area contributed by atoms with Crippen molar-refractivity contribution in [3.63, 3.8) is 0 Å². The van der Waals surface area contributed by atoms with Gasteiger partial charge in [-0.1, -0.05) is 66.2 Å². The van der Waals surface area contributed by atoms with Crippen LogP contribution < -0.4 is 4.72 Å². The lowest BCUT2D eigenvalue weighted by Crippen LogP contribution is -2.26. The van der Waals surface area contributed by atoms with Crippen LogP contribution in [0.4, 0.5) is 0 Å². The molecule has 0 aliphatic carbocycles. The minimum Gasteiger partial charge on any atom is -0.481 e. The van der Waals surface area contributed by atoms with Crippen molar-refractivity contribution >= 4 is 38.5 Å². The van der Waals surface area contributed by atoms with E-state index in [0.29, 0.717) is 17.5 Å². The number of benzene rings is 3. The number of carboxylic acid groups (broad SMARTS) is 1. The van der Waals surface area contributed by atoms with E-state index in [0.717, 1.165) is 16.5 Å². The SMILES string of the molecule is O=C(O)C(c1ccc(Cl)c(S(=O)(=O)NCCc2ccccc2)c1)c1c[nH]c2ccccc12. The highest BCUT2D eigenvalue weighted by molar-refractivity contribution is 7.89. The summed E-state index contributed by atoms with van der Waals surface area (Å²) in [6, 6.07) is 21.2. The van der Waals surface area contributed by atoms with Crippen LogP contribution in [-0.4, -0.2) is 31.0 Å². The Balaban J connectivity index is 1.65. The number of nitrogens with one attached hydrogen (secondary N) is 2. The summed E-state index contributed by atoms with van der Waals surface area (Å²) in [7, 11) is -3.94. The van der Waals surface area contributed by atoms with Crippen LogP contribution in [0.5, 0.6) is 0 Å². The van der Waals surface area contributed by atoms with Gasteiger partial charge < -0.3 is 10.1 Å². The van der Waals surface area contributed by atoms with Gasteiger partial charge in [0.2, 0.25) is 10.0 Å². The summed E-state index contributed by atoms with van der Waals surface area (Å²) in [5, 5.41) is 10.8. The van der Waals surface area contributed by atoms with E-state index in [-0.39, 0.29) is 16.5 Å². The van der Waals surface area contributed by atoms with E-state index < -0.39 is 21.9 Å². The fourth-order valence-electron chi connectivity index (χ4n) is 3.75. The average Bonchev–Trinajstić information content (AvgIpc) is 3.19. The molecule has 0 bridgehead atoms. The molecule has 0 radical (unpaired) electrons. The summed E-state index contributed by atoms with van der Waals surface area (Å²) in [5.74, 6) is -2.14. The Bertz CT molecular complexity index is 1370. The lowest BCUT2D eigenvalue weighted by Gasteiger charge is -2.15. The van der Waals surface area contributed by atoms with Crippen molar-refractivity contribution in [2.75, 3.05) is 6.54 Å². The summed E-state index contributed by atoms with van der Waals surface area (Å²) >= 11 is 6.21. The van der Waals surface area contributed by atoms with Crippen LogP contribution in [0.2, 0.25) is 5.02 Å². The highest BCUT2D eigenvalue weighted by Gasteiger charge is 2.28. The molecule has 0 aliphatic rings. The fourth-order valence-corrected chi connectivity index (χ4v) is 5.31. The molecule has 3 N–H and O–H groups in total. The molecule has 1 heterocycles. The maximum Gasteiger partial charge on any atom is 0.315 e. The maximum absolute atomic E-state index is 12.9. The molecule has 4 aromatic rings. The number of carboxylic acids is 1. The summed E-state index contributed by atoms with van der Waals surface area (Å²) in [5.41, 5.74) is 2.68. The third kappa shape index (κ3) is 4.55. The molecule has 0 saturated carbocycles. The van der Waals surface area contributed by atoms with Crippen LogP contribution in [0.25, 0.3) is 10.9 Å². The number of aromatic nitrogens is 1. The fraction of sp³-hybridized carbons (Fsp3) is 0.125. The van der Waals surface area contributed by atoms with Gasteiger partial charge in [-0.25, -0.2) is 13.1 Å². The molecule has 6 nitrogen and oxygen atoms in total. The van der Waals surface area contributed by atoms with Gasteiger partial charge in [0.25, 0.3) is 0 Å². The van der Waals surface area contributed by atoms with Crippen LogP contribution >= 0.6 is 11.6 Å². The standard InChI is InChI=1S/C24H21ClN2O4S/c25-20-11-10-17(23(24(28)29)19-15-26-21-9-5-4-8-18(19)21)14-22(20)32(30,31)27-13-12-16-6-2-1-3-7-16/h1-11,14-15,23,26-27H,12-13H2,(H,28,29). The summed E-state index contributed by atoms with van der Waals surface area (Å²) in [6.07, 6.45) is 2.16. The first-order valence-electron chi connectivity index (χ1n) is 9.98. The number of rotatable bonds is 8. The van der Waals surface area contributed by atoms with Crippen LogP contribution in [0, 0.1) is 0 Å². The number of aromatic amines is 1. The lowest BCUT2D eigenvalue weighted by atomic mass is 9.91. The Kier molecular flexibility index (Phi) is 6.32. The van der Waals surface area contributed by atoms with Gasteiger partial charge >= 0.3 is 5.97 Å². The Labute approximate surface area is 190 Å². The third-order valence-electron chi connectivity index (χ3n) is 5.31. The molecule has 1 unspecified atom stereocenters. The van der Waals surface area contributed by atoms with Crippen LogP contribution in [-0.2, 0) is 21.2 Å². The smallest absolute Gasteiger partial charge is 0.315 e. The van der Waals surface area contributed by atoms with Gasteiger partial charge in [-0.2, -0.15) is 0 Å². The monoisotopic (exact) mass is 468 g/mol. The zero-order chi connectivity index (χ0) is 22.7. The molecule has 32 heavy (non-hydrogen) atoms. The number of hydrogen-bond acceptors (Lipinski definition) is 3. The second-order valence-corrected chi connectivity index (χ2v) is 9.53.